The van der Waals surface area contributed by atoms with Gasteiger partial charge >= 0.3 is 30.1 Å². The van der Waals surface area contributed by atoms with Gasteiger partial charge in [0.15, 0.2) is 0 Å². The van der Waals surface area contributed by atoms with E-state index >= 15 is 0 Å². The van der Waals surface area contributed by atoms with Gasteiger partial charge in [0, 0.05) is 26.1 Å². The second kappa shape index (κ2) is 18.9. The molecule has 12 nitrogen and oxygen atoms in total. The normalized spacial score (nSPS) is 11.8. The molecule has 2 amide bonds. The van der Waals surface area contributed by atoms with E-state index < -0.39 is 65.6 Å². The number of rotatable bonds is 15. The van der Waals surface area contributed by atoms with Crippen molar-refractivity contribution in [1.29, 1.82) is 0 Å². The number of benzene rings is 4. The standard InChI is InChI=1S/C42H41F3N2O10/c1-6-35(57-40(53)41(38(51)54-7-2,39(52)55-8-3)28-14-10-9-11-15-28)56-34(48)25-26-18-23-33(32(24-26)37(50)47(4)5)46-36(49)31-17-13-12-16-30(31)27-19-21-29(22-20-27)42(43,44)45/h9-24,35H,6-8,25H2,1-5H3,(H,46,49). The highest BCUT2D eigenvalue weighted by Gasteiger charge is 2.59. The molecule has 0 radical (unpaired) electrons. The topological polar surface area (TPSA) is 155 Å². The number of halogens is 3. The van der Waals surface area contributed by atoms with Crippen LogP contribution in [0.25, 0.3) is 11.1 Å². The third kappa shape index (κ3) is 10.0. The first-order chi connectivity index (χ1) is 27.1. The van der Waals surface area contributed by atoms with E-state index in [2.05, 4.69) is 5.32 Å². The predicted octanol–water partition coefficient (Wildman–Crippen LogP) is 6.76. The molecule has 0 fully saturated rings. The molecule has 0 bridgehead atoms. The van der Waals surface area contributed by atoms with Crippen LogP contribution in [0.3, 0.4) is 0 Å². The predicted molar refractivity (Wildman–Crippen MR) is 201 cm³/mol. The SMILES string of the molecule is CCOC(=O)C(C(=O)OCC)(C(=O)OC(CC)OC(=O)Cc1ccc(NC(=O)c2ccccc2-c2ccc(C(F)(F)F)cc2)c(C(=O)N(C)C)c1)c1ccccc1. The second-order valence-electron chi connectivity index (χ2n) is 12.6. The van der Waals surface area contributed by atoms with E-state index in [9.17, 15) is 41.9 Å². The molecule has 1 atom stereocenters. The summed E-state index contributed by atoms with van der Waals surface area (Å²) in [6, 6.07) is 22.2. The Hall–Kier alpha value is -6.51. The quantitative estimate of drug-likeness (QED) is 0.0592. The zero-order valence-corrected chi connectivity index (χ0v) is 31.8. The molecule has 0 aliphatic carbocycles. The number of esters is 4. The number of hydrogen-bond acceptors (Lipinski definition) is 10. The van der Waals surface area contributed by atoms with Crippen molar-refractivity contribution >= 4 is 41.4 Å². The van der Waals surface area contributed by atoms with Crippen LogP contribution in [0.15, 0.2) is 97.1 Å². The van der Waals surface area contributed by atoms with Crippen molar-refractivity contribution in [3.8, 4) is 11.1 Å². The molecule has 0 saturated carbocycles. The summed E-state index contributed by atoms with van der Waals surface area (Å²) < 4.78 is 60.7. The molecule has 0 aliphatic heterocycles. The van der Waals surface area contributed by atoms with Crippen molar-refractivity contribution in [2.75, 3.05) is 32.6 Å². The van der Waals surface area contributed by atoms with Crippen molar-refractivity contribution < 1.29 is 60.9 Å². The fourth-order valence-corrected chi connectivity index (χ4v) is 5.71. The minimum absolute atomic E-state index is 0.000600. The molecule has 1 N–H and O–H groups in total. The Morgan fingerprint density at radius 1 is 0.684 bits per heavy atom. The summed E-state index contributed by atoms with van der Waals surface area (Å²) in [5, 5.41) is 2.70. The van der Waals surface area contributed by atoms with Crippen molar-refractivity contribution in [3.63, 3.8) is 0 Å². The van der Waals surface area contributed by atoms with E-state index in [0.29, 0.717) is 11.1 Å². The molecule has 0 saturated heterocycles. The van der Waals surface area contributed by atoms with Gasteiger partial charge in [-0.25, -0.2) is 14.4 Å². The highest BCUT2D eigenvalue weighted by molar-refractivity contribution is 6.24. The highest BCUT2D eigenvalue weighted by Crippen LogP contribution is 2.33. The highest BCUT2D eigenvalue weighted by atomic mass is 19.4. The fraction of sp³-hybridized carbons (Fsp3) is 0.286. The number of anilines is 1. The molecular formula is C42H41F3N2O10. The minimum atomic E-state index is -4.54. The molecule has 15 heteroatoms. The Morgan fingerprint density at radius 2 is 1.28 bits per heavy atom. The molecule has 4 aromatic rings. The molecule has 4 aromatic carbocycles. The average molecular weight is 791 g/mol. The van der Waals surface area contributed by atoms with Crippen LogP contribution in [0.5, 0.6) is 0 Å². The van der Waals surface area contributed by atoms with Crippen molar-refractivity contribution in [2.24, 2.45) is 0 Å². The van der Waals surface area contributed by atoms with Crippen LogP contribution in [-0.2, 0) is 56.1 Å². The van der Waals surface area contributed by atoms with E-state index in [1.54, 1.807) is 24.3 Å². The van der Waals surface area contributed by atoms with E-state index in [4.69, 9.17) is 18.9 Å². The van der Waals surface area contributed by atoms with Crippen LogP contribution in [0.1, 0.15) is 64.6 Å². The summed E-state index contributed by atoms with van der Waals surface area (Å²) in [6.07, 6.45) is -6.63. The maximum absolute atomic E-state index is 13.8. The number of alkyl halides is 3. The molecule has 0 heterocycles. The largest absolute Gasteiger partial charge is 0.464 e. The molecule has 300 valence electrons. The van der Waals surface area contributed by atoms with E-state index in [1.807, 2.05) is 0 Å². The summed E-state index contributed by atoms with van der Waals surface area (Å²) in [4.78, 5) is 82.0. The van der Waals surface area contributed by atoms with Crippen LogP contribution < -0.4 is 5.32 Å². The van der Waals surface area contributed by atoms with Crippen LogP contribution >= 0.6 is 0 Å². The Bertz CT molecular complexity index is 2080. The lowest BCUT2D eigenvalue weighted by Gasteiger charge is -2.29. The maximum Gasteiger partial charge on any atom is 0.416 e. The van der Waals surface area contributed by atoms with Gasteiger partial charge in [0.05, 0.1) is 36.4 Å². The van der Waals surface area contributed by atoms with Gasteiger partial charge in [-0.3, -0.25) is 14.4 Å². The van der Waals surface area contributed by atoms with E-state index in [-0.39, 0.29) is 47.6 Å². The molecule has 0 spiro atoms. The summed E-state index contributed by atoms with van der Waals surface area (Å²) in [7, 11) is 2.97. The van der Waals surface area contributed by atoms with Crippen LogP contribution in [-0.4, -0.2) is 74.2 Å². The van der Waals surface area contributed by atoms with Gasteiger partial charge in [0.2, 0.25) is 6.29 Å². The molecule has 4 rings (SSSR count). The van der Waals surface area contributed by atoms with Gasteiger partial charge < -0.3 is 29.2 Å². The van der Waals surface area contributed by atoms with Gasteiger partial charge in [-0.05, 0) is 66.4 Å². The lowest BCUT2D eigenvalue weighted by molar-refractivity contribution is -0.197. The number of ether oxygens (including phenoxy) is 4. The van der Waals surface area contributed by atoms with Gasteiger partial charge in [0.1, 0.15) is 0 Å². The monoisotopic (exact) mass is 790 g/mol. The number of carbonyl (C=O) groups is 6. The number of hydrogen-bond donors (Lipinski definition) is 1. The summed E-state index contributed by atoms with van der Waals surface area (Å²) in [5.41, 5.74) is -2.44. The summed E-state index contributed by atoms with van der Waals surface area (Å²) in [6.45, 7) is 4.16. The van der Waals surface area contributed by atoms with Crippen molar-refractivity contribution in [1.82, 2.24) is 4.90 Å². The molecule has 1 unspecified atom stereocenters. The number of carbonyl (C=O) groups excluding carboxylic acids is 6. The zero-order valence-electron chi connectivity index (χ0n) is 31.8. The van der Waals surface area contributed by atoms with Gasteiger partial charge in [-0.1, -0.05) is 73.7 Å². The number of amides is 2. The fourth-order valence-electron chi connectivity index (χ4n) is 5.71. The van der Waals surface area contributed by atoms with Gasteiger partial charge in [-0.2, -0.15) is 13.2 Å². The molecule has 0 aromatic heterocycles. The lowest BCUT2D eigenvalue weighted by Crippen LogP contribution is -2.54. The van der Waals surface area contributed by atoms with E-state index in [0.717, 1.165) is 12.1 Å². The first-order valence-corrected chi connectivity index (χ1v) is 17.8. The molecular weight excluding hydrogens is 749 g/mol. The van der Waals surface area contributed by atoms with Gasteiger partial charge in [0.25, 0.3) is 17.2 Å². The first kappa shape index (κ1) is 43.2. The van der Waals surface area contributed by atoms with Gasteiger partial charge in [-0.15, -0.1) is 0 Å². The smallest absolute Gasteiger partial charge is 0.416 e. The van der Waals surface area contributed by atoms with Crippen molar-refractivity contribution in [2.45, 2.75) is 51.5 Å². The molecule has 0 aliphatic rings. The number of nitrogens with zero attached hydrogens (tertiary/aromatic N) is 1. The first-order valence-electron chi connectivity index (χ1n) is 17.8. The maximum atomic E-state index is 13.8. The zero-order chi connectivity index (χ0) is 41.9. The third-order valence-electron chi connectivity index (χ3n) is 8.52. The average Bonchev–Trinajstić information content (AvgIpc) is 3.18. The Morgan fingerprint density at radius 3 is 1.84 bits per heavy atom. The van der Waals surface area contributed by atoms with Crippen LogP contribution in [0.2, 0.25) is 0 Å². The third-order valence-corrected chi connectivity index (χ3v) is 8.52. The van der Waals surface area contributed by atoms with E-state index in [1.165, 1.54) is 100 Å². The number of nitrogens with one attached hydrogen (secondary N) is 1. The minimum Gasteiger partial charge on any atom is -0.464 e. The Labute approximate surface area is 326 Å². The van der Waals surface area contributed by atoms with Crippen LogP contribution in [0.4, 0.5) is 18.9 Å². The second-order valence-corrected chi connectivity index (χ2v) is 12.6. The summed E-state index contributed by atoms with van der Waals surface area (Å²) in [5.74, 6) is -5.97. The Kier molecular flexibility index (Phi) is 14.3. The lowest BCUT2D eigenvalue weighted by atomic mass is 9.80. The molecule has 57 heavy (non-hydrogen) atoms. The Balaban J connectivity index is 1.57. The van der Waals surface area contributed by atoms with Crippen molar-refractivity contribution in [3.05, 3.63) is 125 Å². The summed E-state index contributed by atoms with van der Waals surface area (Å²) >= 11 is 0. The van der Waals surface area contributed by atoms with Crippen LogP contribution in [0, 0.1) is 0 Å².